The standard InChI is InChI=1S/C25H30F4/c1-2-3-4-5-17-6-8-18(9-7-17)10-11-19-12-13-21(22(26)14-19)20-15-23(27)25(29)24(28)16-20/h12-18H,2-11H2,1H3/i12D,14D,15D,16D. The molecule has 1 fully saturated rings. The molecule has 0 nitrogen and oxygen atoms in total. The molecule has 0 radical (unpaired) electrons. The quantitative estimate of drug-likeness (QED) is 0.234. The molecule has 158 valence electrons. The van der Waals surface area contributed by atoms with E-state index in [0.29, 0.717) is 12.3 Å². The van der Waals surface area contributed by atoms with Gasteiger partial charge < -0.3 is 0 Å². The Hall–Kier alpha value is -1.84. The predicted octanol–water partition coefficient (Wildman–Crippen LogP) is 8.23. The summed E-state index contributed by atoms with van der Waals surface area (Å²) in [6.45, 7) is 2.20. The molecule has 2 aromatic rings. The van der Waals surface area contributed by atoms with Crippen molar-refractivity contribution in [3.8, 4) is 11.1 Å². The molecule has 0 unspecified atom stereocenters. The zero-order valence-electron chi connectivity index (χ0n) is 20.8. The van der Waals surface area contributed by atoms with Crippen molar-refractivity contribution in [3.05, 3.63) is 59.1 Å². The summed E-state index contributed by atoms with van der Waals surface area (Å²) < 4.78 is 88.1. The van der Waals surface area contributed by atoms with E-state index in [1.165, 1.54) is 38.5 Å². The summed E-state index contributed by atoms with van der Waals surface area (Å²) in [4.78, 5) is 0. The zero-order valence-corrected chi connectivity index (χ0v) is 16.8. The third kappa shape index (κ3) is 5.83. The van der Waals surface area contributed by atoms with Gasteiger partial charge in [-0.1, -0.05) is 70.4 Å². The highest BCUT2D eigenvalue weighted by Gasteiger charge is 2.21. The Morgan fingerprint density at radius 1 is 0.862 bits per heavy atom. The summed E-state index contributed by atoms with van der Waals surface area (Å²) in [5.74, 6) is -5.57. The molecule has 0 spiro atoms. The Balaban J connectivity index is 1.76. The van der Waals surface area contributed by atoms with E-state index in [1.807, 2.05) is 0 Å². The maximum atomic E-state index is 15.0. The van der Waals surface area contributed by atoms with E-state index in [0.717, 1.165) is 31.2 Å². The summed E-state index contributed by atoms with van der Waals surface area (Å²) in [5, 5.41) is 0. The van der Waals surface area contributed by atoms with Crippen LogP contribution >= 0.6 is 0 Å². The van der Waals surface area contributed by atoms with Crippen LogP contribution in [-0.4, -0.2) is 0 Å². The molecule has 1 aliphatic carbocycles. The molecule has 0 amide bonds. The summed E-state index contributed by atoms with van der Waals surface area (Å²) in [6.07, 6.45) is 10.6. The first-order valence-electron chi connectivity index (χ1n) is 12.6. The van der Waals surface area contributed by atoms with Gasteiger partial charge in [0, 0.05) is 5.56 Å². The monoisotopic (exact) mass is 410 g/mol. The second kappa shape index (κ2) is 10.3. The number of benzene rings is 2. The molecule has 1 aliphatic rings. The minimum absolute atomic E-state index is 0.186. The molecule has 0 aliphatic heterocycles. The summed E-state index contributed by atoms with van der Waals surface area (Å²) in [7, 11) is 0. The van der Waals surface area contributed by atoms with Crippen molar-refractivity contribution in [3.63, 3.8) is 0 Å². The molecule has 3 rings (SSSR count). The topological polar surface area (TPSA) is 0 Å². The van der Waals surface area contributed by atoms with Crippen molar-refractivity contribution in [2.45, 2.75) is 71.1 Å². The average molecular weight is 411 g/mol. The molecule has 0 heterocycles. The SMILES string of the molecule is [2H]c1cc(-c2c([2H])c(F)c(F)c(F)c2[2H])c(F)c([2H])c1CCC1CCC(CCCCC)CC1. The van der Waals surface area contributed by atoms with E-state index >= 15 is 4.39 Å². The van der Waals surface area contributed by atoms with Crippen LogP contribution in [0.2, 0.25) is 0 Å². The number of rotatable bonds is 8. The van der Waals surface area contributed by atoms with Crippen LogP contribution < -0.4 is 0 Å². The minimum Gasteiger partial charge on any atom is -0.206 e. The Labute approximate surface area is 177 Å². The van der Waals surface area contributed by atoms with E-state index in [1.54, 1.807) is 0 Å². The predicted molar refractivity (Wildman–Crippen MR) is 110 cm³/mol. The second-order valence-electron chi connectivity index (χ2n) is 8.11. The van der Waals surface area contributed by atoms with Crippen molar-refractivity contribution in [2.75, 3.05) is 0 Å². The van der Waals surface area contributed by atoms with Gasteiger partial charge in [-0.2, -0.15) is 0 Å². The summed E-state index contributed by atoms with van der Waals surface area (Å²) in [6, 6.07) is -2.11. The van der Waals surface area contributed by atoms with Crippen LogP contribution in [-0.2, 0) is 6.42 Å². The molecule has 29 heavy (non-hydrogen) atoms. The van der Waals surface area contributed by atoms with Gasteiger partial charge >= 0.3 is 0 Å². The van der Waals surface area contributed by atoms with Gasteiger partial charge in [0.05, 0.1) is 5.48 Å². The highest BCUT2D eigenvalue weighted by atomic mass is 19.2. The lowest BCUT2D eigenvalue weighted by Crippen LogP contribution is -2.15. The fourth-order valence-electron chi connectivity index (χ4n) is 4.21. The molecule has 4 heteroatoms. The Morgan fingerprint density at radius 3 is 2.10 bits per heavy atom. The van der Waals surface area contributed by atoms with Crippen molar-refractivity contribution < 1.29 is 23.0 Å². The van der Waals surface area contributed by atoms with Gasteiger partial charge in [0.25, 0.3) is 0 Å². The minimum atomic E-state index is -1.97. The van der Waals surface area contributed by atoms with Gasteiger partial charge in [-0.05, 0) is 53.9 Å². The van der Waals surface area contributed by atoms with Crippen molar-refractivity contribution in [2.24, 2.45) is 11.8 Å². The van der Waals surface area contributed by atoms with E-state index in [4.69, 9.17) is 5.48 Å². The first-order chi connectivity index (χ1) is 15.7. The number of hydrogen-bond donors (Lipinski definition) is 0. The van der Waals surface area contributed by atoms with Gasteiger partial charge in [-0.25, -0.2) is 17.6 Å². The smallest absolute Gasteiger partial charge is 0.194 e. The third-order valence-electron chi connectivity index (χ3n) is 6.00. The summed E-state index contributed by atoms with van der Waals surface area (Å²) >= 11 is 0. The molecule has 0 atom stereocenters. The van der Waals surface area contributed by atoms with Crippen molar-refractivity contribution >= 4 is 0 Å². The fraction of sp³-hybridized carbons (Fsp3) is 0.520. The maximum absolute atomic E-state index is 15.0. The zero-order chi connectivity index (χ0) is 24.3. The van der Waals surface area contributed by atoms with Crippen LogP contribution in [0.25, 0.3) is 11.1 Å². The maximum Gasteiger partial charge on any atom is 0.194 e. The van der Waals surface area contributed by atoms with Gasteiger partial charge in [0.2, 0.25) is 0 Å². The van der Waals surface area contributed by atoms with Crippen molar-refractivity contribution in [1.82, 2.24) is 0 Å². The molecule has 0 N–H and O–H groups in total. The van der Waals surface area contributed by atoms with E-state index < -0.39 is 52.5 Å². The highest BCUT2D eigenvalue weighted by molar-refractivity contribution is 5.64. The van der Waals surface area contributed by atoms with Crippen LogP contribution in [0.15, 0.2) is 30.2 Å². The highest BCUT2D eigenvalue weighted by Crippen LogP contribution is 2.34. The van der Waals surface area contributed by atoms with Crippen molar-refractivity contribution in [1.29, 1.82) is 0 Å². The molecule has 0 aromatic heterocycles. The Bertz CT molecular complexity index is 972. The Kier molecular flexibility index (Phi) is 5.98. The van der Waals surface area contributed by atoms with Gasteiger partial charge in [-0.3, -0.25) is 0 Å². The third-order valence-corrected chi connectivity index (χ3v) is 6.00. The Morgan fingerprint density at radius 2 is 1.48 bits per heavy atom. The second-order valence-corrected chi connectivity index (χ2v) is 8.11. The lowest BCUT2D eigenvalue weighted by molar-refractivity contribution is 0.249. The number of halogens is 4. The molecule has 2 aromatic carbocycles. The van der Waals surface area contributed by atoms with Crippen LogP contribution in [0.1, 0.15) is 75.8 Å². The number of hydrogen-bond acceptors (Lipinski definition) is 0. The first-order valence-corrected chi connectivity index (χ1v) is 10.6. The fourth-order valence-corrected chi connectivity index (χ4v) is 4.21. The molecule has 0 saturated heterocycles. The lowest BCUT2D eigenvalue weighted by Gasteiger charge is -2.28. The molecule has 1 saturated carbocycles. The summed E-state index contributed by atoms with van der Waals surface area (Å²) in [5.41, 5.74) is -1.20. The molecule has 0 bridgehead atoms. The van der Waals surface area contributed by atoms with E-state index in [2.05, 4.69) is 6.92 Å². The largest absolute Gasteiger partial charge is 0.206 e. The number of unbranched alkanes of at least 4 members (excludes halogenated alkanes) is 2. The van der Waals surface area contributed by atoms with Gasteiger partial charge in [0.15, 0.2) is 17.5 Å². The van der Waals surface area contributed by atoms with E-state index in [9.17, 15) is 13.2 Å². The van der Waals surface area contributed by atoms with Crippen LogP contribution in [0.5, 0.6) is 0 Å². The molecular formula is C25H30F4. The normalized spacial score (nSPS) is 21.4. The van der Waals surface area contributed by atoms with Crippen LogP contribution in [0.4, 0.5) is 17.6 Å². The van der Waals surface area contributed by atoms with Crippen LogP contribution in [0, 0.1) is 35.1 Å². The average Bonchev–Trinajstić information content (AvgIpc) is 2.80. The first kappa shape index (κ1) is 16.9. The van der Waals surface area contributed by atoms with Gasteiger partial charge in [0.1, 0.15) is 5.82 Å². The lowest BCUT2D eigenvalue weighted by atomic mass is 9.78. The van der Waals surface area contributed by atoms with E-state index in [-0.39, 0.29) is 11.6 Å². The van der Waals surface area contributed by atoms with Gasteiger partial charge in [-0.15, -0.1) is 0 Å². The molecular weight excluding hydrogens is 376 g/mol. The van der Waals surface area contributed by atoms with Crippen LogP contribution in [0.3, 0.4) is 0 Å².